The van der Waals surface area contributed by atoms with Gasteiger partial charge in [0.1, 0.15) is 5.75 Å². The van der Waals surface area contributed by atoms with Gasteiger partial charge in [-0.3, -0.25) is 0 Å². The lowest BCUT2D eigenvalue weighted by Crippen LogP contribution is -2.17. The van der Waals surface area contributed by atoms with Gasteiger partial charge in [0.05, 0.1) is 0 Å². The zero-order valence-corrected chi connectivity index (χ0v) is 13.5. The highest BCUT2D eigenvalue weighted by molar-refractivity contribution is 5.50. The van der Waals surface area contributed by atoms with Crippen LogP contribution in [0.15, 0.2) is 24.3 Å². The molecule has 0 saturated heterocycles. The van der Waals surface area contributed by atoms with Gasteiger partial charge >= 0.3 is 0 Å². The van der Waals surface area contributed by atoms with Crippen LogP contribution < -0.4 is 0 Å². The number of rotatable bonds is 2. The molecule has 0 radical (unpaired) electrons. The molecule has 0 heterocycles. The minimum absolute atomic E-state index is 0.0456. The molecule has 0 aromatic heterocycles. The molecule has 1 aromatic carbocycles. The maximum atomic E-state index is 10.6. The normalized spacial score (nSPS) is 13.2. The maximum absolute atomic E-state index is 10.6. The Morgan fingerprint density at radius 1 is 0.947 bits per heavy atom. The fraction of sp³-hybridized carbons (Fsp3) is 0.556. The first-order chi connectivity index (χ1) is 8.57. The first kappa shape index (κ1) is 15.8. The van der Waals surface area contributed by atoms with Gasteiger partial charge in [-0.1, -0.05) is 65.8 Å². The molecule has 0 aliphatic rings. The Kier molecular flexibility index (Phi) is 4.50. The third-order valence-electron chi connectivity index (χ3n) is 3.37. The summed E-state index contributed by atoms with van der Waals surface area (Å²) >= 11 is 0. The second kappa shape index (κ2) is 5.40. The SMILES string of the molecule is C/C=C/Cc1cc(C(C)(C)C)c(O)c(C(C)(C)C)c1. The molecular formula is C18H28O. The Morgan fingerprint density at radius 2 is 1.37 bits per heavy atom. The summed E-state index contributed by atoms with van der Waals surface area (Å²) in [4.78, 5) is 0. The molecule has 1 nitrogen and oxygen atoms in total. The molecule has 1 rings (SSSR count). The van der Waals surface area contributed by atoms with E-state index >= 15 is 0 Å². The highest BCUT2D eigenvalue weighted by Gasteiger charge is 2.26. The van der Waals surface area contributed by atoms with Crippen molar-refractivity contribution in [2.45, 2.75) is 65.7 Å². The molecule has 19 heavy (non-hydrogen) atoms. The van der Waals surface area contributed by atoms with Crippen LogP contribution in [0.4, 0.5) is 0 Å². The van der Waals surface area contributed by atoms with Gasteiger partial charge in [0.15, 0.2) is 0 Å². The quantitative estimate of drug-likeness (QED) is 0.733. The average molecular weight is 260 g/mol. The standard InChI is InChI=1S/C18H28O/c1-8-9-10-13-11-14(17(2,3)4)16(19)15(12-13)18(5,6)7/h8-9,11-12,19H,10H2,1-7H3/b9-8+. The summed E-state index contributed by atoms with van der Waals surface area (Å²) in [7, 11) is 0. The van der Waals surface area contributed by atoms with Crippen LogP contribution >= 0.6 is 0 Å². The van der Waals surface area contributed by atoms with Gasteiger partial charge in [-0.15, -0.1) is 0 Å². The fourth-order valence-electron chi connectivity index (χ4n) is 2.21. The van der Waals surface area contributed by atoms with Crippen molar-refractivity contribution < 1.29 is 5.11 Å². The molecule has 1 heteroatoms. The number of allylic oxidation sites excluding steroid dienone is 2. The minimum Gasteiger partial charge on any atom is -0.507 e. The monoisotopic (exact) mass is 260 g/mol. The van der Waals surface area contributed by atoms with Crippen molar-refractivity contribution in [2.75, 3.05) is 0 Å². The van der Waals surface area contributed by atoms with E-state index in [0.717, 1.165) is 17.5 Å². The van der Waals surface area contributed by atoms with E-state index in [2.05, 4.69) is 65.8 Å². The molecule has 0 unspecified atom stereocenters. The molecule has 0 amide bonds. The van der Waals surface area contributed by atoms with Crippen molar-refractivity contribution in [1.82, 2.24) is 0 Å². The van der Waals surface area contributed by atoms with Crippen molar-refractivity contribution in [3.05, 3.63) is 41.0 Å². The zero-order valence-electron chi connectivity index (χ0n) is 13.5. The summed E-state index contributed by atoms with van der Waals surface area (Å²) in [6, 6.07) is 4.29. The Labute approximate surface area is 118 Å². The topological polar surface area (TPSA) is 20.2 Å². The predicted octanol–water partition coefficient (Wildman–Crippen LogP) is 5.11. The van der Waals surface area contributed by atoms with Gasteiger partial charge < -0.3 is 5.11 Å². The molecule has 0 atom stereocenters. The van der Waals surface area contributed by atoms with Crippen molar-refractivity contribution in [2.24, 2.45) is 0 Å². The van der Waals surface area contributed by atoms with E-state index in [9.17, 15) is 5.11 Å². The Morgan fingerprint density at radius 3 is 1.68 bits per heavy atom. The Balaban J connectivity index is 3.47. The van der Waals surface area contributed by atoms with Gasteiger partial charge in [0, 0.05) is 0 Å². The lowest BCUT2D eigenvalue weighted by Gasteiger charge is -2.28. The van der Waals surface area contributed by atoms with Crippen molar-refractivity contribution in [3.8, 4) is 5.75 Å². The summed E-state index contributed by atoms with van der Waals surface area (Å²) in [5.41, 5.74) is 3.26. The minimum atomic E-state index is -0.0456. The van der Waals surface area contributed by atoms with Crippen molar-refractivity contribution >= 4 is 0 Å². The number of benzene rings is 1. The number of hydrogen-bond acceptors (Lipinski definition) is 1. The fourth-order valence-corrected chi connectivity index (χ4v) is 2.21. The summed E-state index contributed by atoms with van der Waals surface area (Å²) in [6.45, 7) is 14.9. The van der Waals surface area contributed by atoms with E-state index in [4.69, 9.17) is 0 Å². The smallest absolute Gasteiger partial charge is 0.123 e. The van der Waals surface area contributed by atoms with E-state index < -0.39 is 0 Å². The molecule has 0 aliphatic heterocycles. The van der Waals surface area contributed by atoms with Crippen LogP contribution in [-0.4, -0.2) is 5.11 Å². The summed E-state index contributed by atoms with van der Waals surface area (Å²) in [5.74, 6) is 0.462. The van der Waals surface area contributed by atoms with Gasteiger partial charge in [-0.25, -0.2) is 0 Å². The summed E-state index contributed by atoms with van der Waals surface area (Å²) < 4.78 is 0. The van der Waals surface area contributed by atoms with Crippen LogP contribution in [0.2, 0.25) is 0 Å². The molecule has 106 valence electrons. The van der Waals surface area contributed by atoms with E-state index in [1.807, 2.05) is 6.92 Å². The van der Waals surface area contributed by atoms with Gasteiger partial charge in [-0.05, 0) is 40.9 Å². The second-order valence-corrected chi connectivity index (χ2v) is 7.31. The molecule has 0 fully saturated rings. The second-order valence-electron chi connectivity index (χ2n) is 7.31. The highest BCUT2D eigenvalue weighted by atomic mass is 16.3. The first-order valence-electron chi connectivity index (χ1n) is 7.05. The third-order valence-corrected chi connectivity index (χ3v) is 3.37. The van der Waals surface area contributed by atoms with Crippen LogP contribution in [0.5, 0.6) is 5.75 Å². The van der Waals surface area contributed by atoms with E-state index in [-0.39, 0.29) is 10.8 Å². The first-order valence-corrected chi connectivity index (χ1v) is 7.05. The zero-order chi connectivity index (χ0) is 14.8. The largest absolute Gasteiger partial charge is 0.507 e. The lowest BCUT2D eigenvalue weighted by atomic mass is 9.78. The Bertz CT molecular complexity index is 432. The molecule has 0 aliphatic carbocycles. The molecular weight excluding hydrogens is 232 g/mol. The van der Waals surface area contributed by atoms with E-state index in [0.29, 0.717) is 5.75 Å². The number of phenolic OH excluding ortho intramolecular Hbond substituents is 1. The summed E-state index contributed by atoms with van der Waals surface area (Å²) in [6.07, 6.45) is 5.15. The van der Waals surface area contributed by atoms with Crippen LogP contribution in [0.25, 0.3) is 0 Å². The molecule has 1 aromatic rings. The number of aromatic hydroxyl groups is 1. The Hall–Kier alpha value is -1.24. The highest BCUT2D eigenvalue weighted by Crippen LogP contribution is 2.39. The molecule has 0 bridgehead atoms. The summed E-state index contributed by atoms with van der Waals surface area (Å²) in [5, 5.41) is 10.6. The van der Waals surface area contributed by atoms with Crippen LogP contribution in [0.3, 0.4) is 0 Å². The number of hydrogen-bond donors (Lipinski definition) is 1. The van der Waals surface area contributed by atoms with Gasteiger partial charge in [-0.2, -0.15) is 0 Å². The van der Waals surface area contributed by atoms with Crippen LogP contribution in [0.1, 0.15) is 65.2 Å². The predicted molar refractivity (Wildman–Crippen MR) is 84.0 cm³/mol. The van der Waals surface area contributed by atoms with E-state index in [1.54, 1.807) is 0 Å². The maximum Gasteiger partial charge on any atom is 0.123 e. The molecule has 1 N–H and O–H groups in total. The van der Waals surface area contributed by atoms with Crippen molar-refractivity contribution in [1.29, 1.82) is 0 Å². The van der Waals surface area contributed by atoms with Gasteiger partial charge in [0.25, 0.3) is 0 Å². The van der Waals surface area contributed by atoms with Crippen LogP contribution in [-0.2, 0) is 17.3 Å². The van der Waals surface area contributed by atoms with E-state index in [1.165, 1.54) is 5.56 Å². The molecule has 0 spiro atoms. The average Bonchev–Trinajstić information content (AvgIpc) is 2.24. The van der Waals surface area contributed by atoms with Gasteiger partial charge in [0.2, 0.25) is 0 Å². The van der Waals surface area contributed by atoms with Crippen molar-refractivity contribution in [3.63, 3.8) is 0 Å². The molecule has 0 saturated carbocycles. The third kappa shape index (κ3) is 3.86. The lowest BCUT2D eigenvalue weighted by molar-refractivity contribution is 0.423. The number of phenols is 1. The van der Waals surface area contributed by atoms with Crippen LogP contribution in [0, 0.1) is 0 Å².